The maximum atomic E-state index is 5.74. The third-order valence-electron chi connectivity index (χ3n) is 8.58. The average molecular weight is 494 g/mol. The largest absolute Gasteiger partial charge is 0.493 e. The number of nitrogens with zero attached hydrogens (tertiary/aromatic N) is 1. The highest BCUT2D eigenvalue weighted by Crippen LogP contribution is 2.50. The van der Waals surface area contributed by atoms with Gasteiger partial charge in [0.2, 0.25) is 0 Å². The summed E-state index contributed by atoms with van der Waals surface area (Å²) in [6.45, 7) is 2.09. The molecule has 35 heavy (non-hydrogen) atoms. The Morgan fingerprint density at radius 1 is 0.943 bits per heavy atom. The van der Waals surface area contributed by atoms with Gasteiger partial charge in [0.05, 0.1) is 14.2 Å². The van der Waals surface area contributed by atoms with Crippen molar-refractivity contribution in [2.75, 3.05) is 20.8 Å². The van der Waals surface area contributed by atoms with Crippen molar-refractivity contribution in [1.82, 2.24) is 15.5 Å². The van der Waals surface area contributed by atoms with E-state index in [2.05, 4.69) is 64.1 Å². The maximum Gasteiger partial charge on any atom is 0.166 e. The van der Waals surface area contributed by atoms with E-state index in [4.69, 9.17) is 21.7 Å². The summed E-state index contributed by atoms with van der Waals surface area (Å²) in [4.78, 5) is 2.70. The van der Waals surface area contributed by atoms with E-state index in [1.54, 1.807) is 14.2 Å². The molecule has 3 atom stereocenters. The van der Waals surface area contributed by atoms with E-state index in [1.807, 2.05) is 0 Å². The van der Waals surface area contributed by atoms with Crippen LogP contribution in [-0.4, -0.2) is 48.9 Å². The number of fused-ring (bicyclic) bond motifs is 1. The van der Waals surface area contributed by atoms with Crippen LogP contribution in [0.3, 0.4) is 0 Å². The Kier molecular flexibility index (Phi) is 7.49. The molecular formula is C29H39N3O2S. The van der Waals surface area contributed by atoms with Gasteiger partial charge in [0.1, 0.15) is 0 Å². The van der Waals surface area contributed by atoms with Gasteiger partial charge in [-0.3, -0.25) is 4.90 Å². The molecule has 0 unspecified atom stereocenters. The summed E-state index contributed by atoms with van der Waals surface area (Å²) in [5.41, 5.74) is 2.87. The number of nitrogens with one attached hydrogen (secondary N) is 2. The smallest absolute Gasteiger partial charge is 0.166 e. The molecule has 1 aliphatic heterocycles. The van der Waals surface area contributed by atoms with Gasteiger partial charge in [-0.05, 0) is 80.5 Å². The molecule has 0 aromatic heterocycles. The second-order valence-electron chi connectivity index (χ2n) is 10.5. The van der Waals surface area contributed by atoms with Gasteiger partial charge in [-0.2, -0.15) is 0 Å². The summed E-state index contributed by atoms with van der Waals surface area (Å²) < 4.78 is 11.2. The monoisotopic (exact) mass is 493 g/mol. The highest BCUT2D eigenvalue weighted by molar-refractivity contribution is 7.80. The van der Waals surface area contributed by atoms with Gasteiger partial charge in [-0.1, -0.05) is 49.2 Å². The third-order valence-corrected chi connectivity index (χ3v) is 8.82. The van der Waals surface area contributed by atoms with Crippen LogP contribution in [0.25, 0.3) is 0 Å². The maximum absolute atomic E-state index is 5.74. The number of hydrogen-bond acceptors (Lipinski definition) is 4. The molecule has 3 aliphatic rings. The number of hydrogen-bond donors (Lipinski definition) is 2. The molecule has 2 N–H and O–H groups in total. The zero-order chi connectivity index (χ0) is 24.3. The van der Waals surface area contributed by atoms with E-state index in [0.29, 0.717) is 18.1 Å². The lowest BCUT2D eigenvalue weighted by Gasteiger charge is -2.46. The molecule has 0 bridgehead atoms. The molecule has 0 spiro atoms. The highest BCUT2D eigenvalue weighted by Gasteiger charge is 2.51. The number of ether oxygens (including phenoxy) is 2. The van der Waals surface area contributed by atoms with E-state index >= 15 is 0 Å². The Labute approximate surface area is 215 Å². The minimum atomic E-state index is 0.118. The van der Waals surface area contributed by atoms with Gasteiger partial charge >= 0.3 is 0 Å². The van der Waals surface area contributed by atoms with Crippen molar-refractivity contribution in [2.24, 2.45) is 0 Å². The highest BCUT2D eigenvalue weighted by atomic mass is 32.1. The number of benzene rings is 2. The molecule has 188 valence electrons. The quantitative estimate of drug-likeness (QED) is 0.519. The van der Waals surface area contributed by atoms with Gasteiger partial charge in [0.25, 0.3) is 0 Å². The fraction of sp³-hybridized carbons (Fsp3) is 0.552. The molecule has 2 aromatic carbocycles. The topological polar surface area (TPSA) is 45.8 Å². The summed E-state index contributed by atoms with van der Waals surface area (Å²) in [6, 6.07) is 18.8. The van der Waals surface area contributed by atoms with Crippen LogP contribution in [0.15, 0.2) is 48.5 Å². The van der Waals surface area contributed by atoms with Gasteiger partial charge in [-0.25, -0.2) is 0 Å². The first-order valence-electron chi connectivity index (χ1n) is 13.2. The van der Waals surface area contributed by atoms with Crippen LogP contribution in [-0.2, 0) is 12.0 Å². The number of thiocarbonyl (C=S) groups is 1. The fourth-order valence-corrected chi connectivity index (χ4v) is 7.08. The van der Waals surface area contributed by atoms with Crippen LogP contribution < -0.4 is 20.1 Å². The summed E-state index contributed by atoms with van der Waals surface area (Å²) in [7, 11) is 3.43. The second kappa shape index (κ2) is 10.8. The predicted molar refractivity (Wildman–Crippen MR) is 145 cm³/mol. The van der Waals surface area contributed by atoms with Crippen molar-refractivity contribution in [2.45, 2.75) is 81.5 Å². The van der Waals surface area contributed by atoms with Crippen molar-refractivity contribution in [1.29, 1.82) is 0 Å². The summed E-state index contributed by atoms with van der Waals surface area (Å²) in [6.07, 6.45) is 9.62. The zero-order valence-electron chi connectivity index (χ0n) is 21.1. The molecule has 5 nitrogen and oxygen atoms in total. The minimum Gasteiger partial charge on any atom is -0.493 e. The van der Waals surface area contributed by atoms with Crippen molar-refractivity contribution in [3.8, 4) is 11.5 Å². The molecule has 6 heteroatoms. The van der Waals surface area contributed by atoms with Crippen molar-refractivity contribution in [3.05, 3.63) is 59.7 Å². The van der Waals surface area contributed by atoms with Crippen molar-refractivity contribution >= 4 is 17.3 Å². The number of methoxy groups -OCH3 is 2. The Morgan fingerprint density at radius 2 is 1.69 bits per heavy atom. The molecule has 2 aromatic rings. The Balaban J connectivity index is 1.38. The molecular weight excluding hydrogens is 454 g/mol. The Bertz CT molecular complexity index is 1010. The minimum absolute atomic E-state index is 0.118. The standard InChI is InChI=1S/C29H39N3O2S/c1-33-25-13-12-22(18-26(25)34-2)29-15-14-24(31-28(35)30-23-10-6-7-11-23)19-27(29)32(17-16-29)20-21-8-4-3-5-9-21/h3-5,8-9,12-13,18,23-24,27H,6-7,10-11,14-17,19-20H2,1-2H3,(H2,30,31,35)/t24-,27+,29+/m1/s1. The molecule has 2 aliphatic carbocycles. The van der Waals surface area contributed by atoms with Crippen molar-refractivity contribution in [3.63, 3.8) is 0 Å². The third kappa shape index (κ3) is 5.14. The van der Waals surface area contributed by atoms with E-state index in [-0.39, 0.29) is 5.41 Å². The zero-order valence-corrected chi connectivity index (χ0v) is 21.9. The lowest BCUT2D eigenvalue weighted by atomic mass is 9.65. The predicted octanol–water partition coefficient (Wildman–Crippen LogP) is 5.18. The Morgan fingerprint density at radius 3 is 2.43 bits per heavy atom. The van der Waals surface area contributed by atoms with Crippen LogP contribution >= 0.6 is 12.2 Å². The summed E-state index contributed by atoms with van der Waals surface area (Å²) in [5.74, 6) is 1.61. The fourth-order valence-electron chi connectivity index (χ4n) is 6.75. The average Bonchev–Trinajstić information content (AvgIpc) is 3.53. The summed E-state index contributed by atoms with van der Waals surface area (Å²) in [5, 5.41) is 8.12. The first-order chi connectivity index (χ1) is 17.1. The molecule has 0 radical (unpaired) electrons. The van der Waals surface area contributed by atoms with Crippen LogP contribution in [0.4, 0.5) is 0 Å². The number of likely N-dealkylation sites (tertiary alicyclic amines) is 1. The first kappa shape index (κ1) is 24.4. The molecule has 3 fully saturated rings. The second-order valence-corrected chi connectivity index (χ2v) is 10.9. The molecule has 1 heterocycles. The van der Waals surface area contributed by atoms with Crippen LogP contribution in [0.5, 0.6) is 11.5 Å². The van der Waals surface area contributed by atoms with E-state index in [9.17, 15) is 0 Å². The Hall–Kier alpha value is -2.31. The lowest BCUT2D eigenvalue weighted by molar-refractivity contribution is 0.134. The first-order valence-corrected chi connectivity index (χ1v) is 13.6. The van der Waals surface area contributed by atoms with Crippen LogP contribution in [0.1, 0.15) is 62.5 Å². The van der Waals surface area contributed by atoms with Gasteiger partial charge in [0.15, 0.2) is 16.6 Å². The normalized spacial score (nSPS) is 26.8. The van der Waals surface area contributed by atoms with E-state index in [1.165, 1.54) is 36.8 Å². The molecule has 0 amide bonds. The van der Waals surface area contributed by atoms with Crippen LogP contribution in [0.2, 0.25) is 0 Å². The van der Waals surface area contributed by atoms with E-state index < -0.39 is 0 Å². The van der Waals surface area contributed by atoms with Gasteiger partial charge in [-0.15, -0.1) is 0 Å². The van der Waals surface area contributed by atoms with Crippen LogP contribution in [0, 0.1) is 0 Å². The van der Waals surface area contributed by atoms with Crippen molar-refractivity contribution < 1.29 is 9.47 Å². The lowest BCUT2D eigenvalue weighted by Crippen LogP contribution is -2.54. The van der Waals surface area contributed by atoms with Gasteiger partial charge in [0, 0.05) is 30.1 Å². The SMILES string of the molecule is COc1ccc([C@@]23CC[C@@H](NC(=S)NC4CCCC4)C[C@@H]2N(Cc2ccccc2)CC3)cc1OC. The summed E-state index contributed by atoms with van der Waals surface area (Å²) >= 11 is 5.74. The molecule has 5 rings (SSSR count). The number of rotatable bonds is 7. The molecule has 1 saturated heterocycles. The molecule has 2 saturated carbocycles. The van der Waals surface area contributed by atoms with Gasteiger partial charge < -0.3 is 20.1 Å². The van der Waals surface area contributed by atoms with E-state index in [0.717, 1.165) is 55.4 Å².